The third-order valence-electron chi connectivity index (χ3n) is 6.30. The Hall–Kier alpha value is -3.38. The summed E-state index contributed by atoms with van der Waals surface area (Å²) in [6.07, 6.45) is 0.989. The Balaban J connectivity index is 1.46. The number of fused-ring (bicyclic) bond motifs is 1. The second-order valence-corrected chi connectivity index (χ2v) is 8.47. The fourth-order valence-corrected chi connectivity index (χ4v) is 4.70. The van der Waals surface area contributed by atoms with Crippen LogP contribution in [0.5, 0.6) is 0 Å². The van der Waals surface area contributed by atoms with Crippen molar-refractivity contribution in [1.29, 1.82) is 0 Å². The number of rotatable bonds is 5. The Morgan fingerprint density at radius 3 is 2.78 bits per heavy atom. The van der Waals surface area contributed by atoms with Crippen molar-refractivity contribution in [1.82, 2.24) is 20.0 Å². The van der Waals surface area contributed by atoms with Gasteiger partial charge in [-0.3, -0.25) is 9.48 Å². The second-order valence-electron chi connectivity index (χ2n) is 8.47. The van der Waals surface area contributed by atoms with Crippen LogP contribution in [0.1, 0.15) is 29.4 Å². The Kier molecular flexibility index (Phi) is 5.31. The number of carbonyl (C=O) groups is 1. The van der Waals surface area contributed by atoms with E-state index >= 15 is 0 Å². The molecule has 0 bridgehead atoms. The molecule has 6 heteroatoms. The molecule has 6 nitrogen and oxygen atoms in total. The quantitative estimate of drug-likeness (QED) is 0.503. The SMILES string of the molecule is CCNC1CCN(C(=O)c2c(C)c(-c3cccc(-c4cc5ccccc5o4)c3)nn2C)C1. The molecule has 0 radical (unpaired) electrons. The van der Waals surface area contributed by atoms with Gasteiger partial charge < -0.3 is 14.6 Å². The van der Waals surface area contributed by atoms with Gasteiger partial charge in [0.2, 0.25) is 0 Å². The molecule has 2 aromatic carbocycles. The van der Waals surface area contributed by atoms with Gasteiger partial charge in [-0.05, 0) is 38.1 Å². The number of para-hydroxylation sites is 1. The van der Waals surface area contributed by atoms with Crippen molar-refractivity contribution in [3.05, 3.63) is 65.9 Å². The van der Waals surface area contributed by atoms with Crippen LogP contribution in [-0.2, 0) is 7.05 Å². The number of hydrogen-bond donors (Lipinski definition) is 1. The molecule has 1 fully saturated rings. The minimum atomic E-state index is 0.0533. The van der Waals surface area contributed by atoms with Crippen LogP contribution < -0.4 is 5.32 Å². The molecule has 4 aromatic rings. The van der Waals surface area contributed by atoms with Crippen LogP contribution in [0.25, 0.3) is 33.6 Å². The van der Waals surface area contributed by atoms with E-state index in [9.17, 15) is 4.79 Å². The molecule has 0 saturated carbocycles. The number of furan rings is 1. The Labute approximate surface area is 187 Å². The van der Waals surface area contributed by atoms with Crippen molar-refractivity contribution < 1.29 is 9.21 Å². The zero-order chi connectivity index (χ0) is 22.2. The van der Waals surface area contributed by atoms with Crippen LogP contribution in [-0.4, -0.2) is 46.3 Å². The first-order valence-electron chi connectivity index (χ1n) is 11.2. The molecule has 3 heterocycles. The van der Waals surface area contributed by atoms with E-state index in [4.69, 9.17) is 9.52 Å². The lowest BCUT2D eigenvalue weighted by atomic mass is 10.0. The molecule has 5 rings (SSSR count). The summed E-state index contributed by atoms with van der Waals surface area (Å²) in [5, 5.41) is 9.26. The van der Waals surface area contributed by atoms with Crippen molar-refractivity contribution in [2.75, 3.05) is 19.6 Å². The molecule has 1 N–H and O–H groups in total. The summed E-state index contributed by atoms with van der Waals surface area (Å²) in [6.45, 7) is 6.53. The number of amides is 1. The van der Waals surface area contributed by atoms with Gasteiger partial charge in [0, 0.05) is 48.3 Å². The summed E-state index contributed by atoms with van der Waals surface area (Å²) in [4.78, 5) is 15.2. The smallest absolute Gasteiger partial charge is 0.272 e. The maximum absolute atomic E-state index is 13.3. The molecule has 1 saturated heterocycles. The van der Waals surface area contributed by atoms with Crippen molar-refractivity contribution in [3.8, 4) is 22.6 Å². The van der Waals surface area contributed by atoms with Gasteiger partial charge in [0.1, 0.15) is 17.0 Å². The number of likely N-dealkylation sites (tertiary alicyclic amines) is 1. The zero-order valence-corrected chi connectivity index (χ0v) is 18.8. The minimum absolute atomic E-state index is 0.0533. The van der Waals surface area contributed by atoms with E-state index in [1.807, 2.05) is 61.3 Å². The molecule has 1 aliphatic heterocycles. The molecular weight excluding hydrogens is 400 g/mol. The fraction of sp³-hybridized carbons (Fsp3) is 0.308. The molecule has 1 unspecified atom stereocenters. The molecular formula is C26H28N4O2. The summed E-state index contributed by atoms with van der Waals surface area (Å²) in [7, 11) is 1.85. The molecule has 0 aliphatic carbocycles. The summed E-state index contributed by atoms with van der Waals surface area (Å²) < 4.78 is 7.77. The van der Waals surface area contributed by atoms with E-state index in [0.29, 0.717) is 11.7 Å². The van der Waals surface area contributed by atoms with E-state index in [0.717, 1.165) is 65.2 Å². The standard InChI is InChI=1S/C26H28N4O2/c1-4-27-21-12-13-30(16-21)26(31)25-17(2)24(28-29(25)3)20-10-7-9-18(14-20)23-15-19-8-5-6-11-22(19)32-23/h5-11,14-15,21,27H,4,12-13,16H2,1-3H3. The number of hydrogen-bond acceptors (Lipinski definition) is 4. The summed E-state index contributed by atoms with van der Waals surface area (Å²) in [6, 6.07) is 18.6. The first-order valence-corrected chi connectivity index (χ1v) is 11.2. The number of benzene rings is 2. The van der Waals surface area contributed by atoms with Crippen molar-refractivity contribution in [2.24, 2.45) is 7.05 Å². The summed E-state index contributed by atoms with van der Waals surface area (Å²) in [5.74, 6) is 0.877. The normalized spacial score (nSPS) is 16.2. The number of nitrogens with one attached hydrogen (secondary N) is 1. The van der Waals surface area contributed by atoms with Crippen LogP contribution in [0.15, 0.2) is 59.0 Å². The summed E-state index contributed by atoms with van der Waals surface area (Å²) >= 11 is 0. The third-order valence-corrected chi connectivity index (χ3v) is 6.30. The number of carbonyl (C=O) groups excluding carboxylic acids is 1. The van der Waals surface area contributed by atoms with Crippen molar-refractivity contribution >= 4 is 16.9 Å². The number of aryl methyl sites for hydroxylation is 1. The Morgan fingerprint density at radius 2 is 1.97 bits per heavy atom. The number of aromatic nitrogens is 2. The van der Waals surface area contributed by atoms with E-state index in [-0.39, 0.29) is 5.91 Å². The Bertz CT molecular complexity index is 1250. The highest BCUT2D eigenvalue weighted by Gasteiger charge is 2.30. The van der Waals surface area contributed by atoms with Crippen molar-refractivity contribution in [2.45, 2.75) is 26.3 Å². The highest BCUT2D eigenvalue weighted by atomic mass is 16.3. The van der Waals surface area contributed by atoms with Crippen LogP contribution in [0.2, 0.25) is 0 Å². The first kappa shape index (κ1) is 20.5. The molecule has 1 atom stereocenters. The number of nitrogens with zero attached hydrogens (tertiary/aromatic N) is 3. The van der Waals surface area contributed by atoms with Crippen LogP contribution in [0.4, 0.5) is 0 Å². The third kappa shape index (κ3) is 3.60. The topological polar surface area (TPSA) is 63.3 Å². The Morgan fingerprint density at radius 1 is 1.16 bits per heavy atom. The predicted molar refractivity (Wildman–Crippen MR) is 127 cm³/mol. The molecule has 1 aliphatic rings. The van der Waals surface area contributed by atoms with Gasteiger partial charge in [0.15, 0.2) is 0 Å². The first-order chi connectivity index (χ1) is 15.5. The highest BCUT2D eigenvalue weighted by molar-refractivity contribution is 5.96. The molecule has 2 aromatic heterocycles. The molecule has 1 amide bonds. The predicted octanol–water partition coefficient (Wildman–Crippen LogP) is 4.63. The van der Waals surface area contributed by atoms with Crippen LogP contribution >= 0.6 is 0 Å². The zero-order valence-electron chi connectivity index (χ0n) is 18.8. The monoisotopic (exact) mass is 428 g/mol. The molecule has 32 heavy (non-hydrogen) atoms. The van der Waals surface area contributed by atoms with Gasteiger partial charge in [0.25, 0.3) is 5.91 Å². The van der Waals surface area contributed by atoms with E-state index < -0.39 is 0 Å². The highest BCUT2D eigenvalue weighted by Crippen LogP contribution is 2.32. The lowest BCUT2D eigenvalue weighted by Gasteiger charge is -2.17. The average Bonchev–Trinajstić information content (AvgIpc) is 3.51. The van der Waals surface area contributed by atoms with E-state index in [1.54, 1.807) is 4.68 Å². The van der Waals surface area contributed by atoms with Crippen molar-refractivity contribution in [3.63, 3.8) is 0 Å². The maximum Gasteiger partial charge on any atom is 0.272 e. The average molecular weight is 429 g/mol. The van der Waals surface area contributed by atoms with Gasteiger partial charge >= 0.3 is 0 Å². The van der Waals surface area contributed by atoms with Crippen LogP contribution in [0.3, 0.4) is 0 Å². The maximum atomic E-state index is 13.3. The lowest BCUT2D eigenvalue weighted by Crippen LogP contribution is -2.35. The van der Waals surface area contributed by atoms with Crippen LogP contribution in [0, 0.1) is 6.92 Å². The summed E-state index contributed by atoms with van der Waals surface area (Å²) in [5.41, 5.74) is 5.23. The molecule has 0 spiro atoms. The van der Waals surface area contributed by atoms with Gasteiger partial charge in [0.05, 0.1) is 5.69 Å². The molecule has 164 valence electrons. The van der Waals surface area contributed by atoms with E-state index in [2.05, 4.69) is 24.4 Å². The fourth-order valence-electron chi connectivity index (χ4n) is 4.70. The van der Waals surface area contributed by atoms with Gasteiger partial charge in [-0.2, -0.15) is 5.10 Å². The second kappa shape index (κ2) is 8.28. The van der Waals surface area contributed by atoms with Gasteiger partial charge in [-0.25, -0.2) is 0 Å². The number of likely N-dealkylation sites (N-methyl/N-ethyl adjacent to an activating group) is 1. The van der Waals surface area contributed by atoms with Gasteiger partial charge in [-0.1, -0.05) is 43.3 Å². The lowest BCUT2D eigenvalue weighted by molar-refractivity contribution is 0.0777. The minimum Gasteiger partial charge on any atom is -0.456 e. The van der Waals surface area contributed by atoms with Gasteiger partial charge in [-0.15, -0.1) is 0 Å². The van der Waals surface area contributed by atoms with E-state index in [1.165, 1.54) is 0 Å². The largest absolute Gasteiger partial charge is 0.456 e.